The molecule has 7 nitrogen and oxygen atoms in total. The van der Waals surface area contributed by atoms with Crippen LogP contribution in [0.2, 0.25) is 5.02 Å². The molecule has 1 unspecified atom stereocenters. The summed E-state index contributed by atoms with van der Waals surface area (Å²) in [5.41, 5.74) is 3.80. The van der Waals surface area contributed by atoms with Crippen molar-refractivity contribution in [3.8, 4) is 0 Å². The van der Waals surface area contributed by atoms with Gasteiger partial charge >= 0.3 is 0 Å². The summed E-state index contributed by atoms with van der Waals surface area (Å²) in [4.78, 5) is 31.1. The smallest absolute Gasteiger partial charge is 0.276 e. The van der Waals surface area contributed by atoms with E-state index in [1.807, 2.05) is 6.92 Å². The van der Waals surface area contributed by atoms with Crippen molar-refractivity contribution in [3.63, 3.8) is 0 Å². The first-order valence-electron chi connectivity index (χ1n) is 11.2. The van der Waals surface area contributed by atoms with Crippen LogP contribution in [0.25, 0.3) is 0 Å². The van der Waals surface area contributed by atoms with Gasteiger partial charge in [0.25, 0.3) is 11.8 Å². The number of aromatic amines is 1. The molecule has 0 bridgehead atoms. The van der Waals surface area contributed by atoms with Crippen molar-refractivity contribution in [1.29, 1.82) is 0 Å². The van der Waals surface area contributed by atoms with Crippen molar-refractivity contribution in [2.75, 3.05) is 11.9 Å². The maximum atomic E-state index is 13.4. The molecule has 1 aliphatic heterocycles. The van der Waals surface area contributed by atoms with E-state index in [1.165, 1.54) is 12.1 Å². The third-order valence-corrected chi connectivity index (χ3v) is 6.33. The number of halogens is 2. The van der Waals surface area contributed by atoms with Gasteiger partial charge in [-0.2, -0.15) is 5.10 Å². The van der Waals surface area contributed by atoms with Gasteiger partial charge in [0.1, 0.15) is 11.5 Å². The maximum Gasteiger partial charge on any atom is 0.276 e. The Kier molecular flexibility index (Phi) is 6.13. The third kappa shape index (κ3) is 4.70. The monoisotopic (exact) mass is 491 g/mol. The number of nitrogens with one attached hydrogen (secondary N) is 2. The van der Waals surface area contributed by atoms with Crippen molar-refractivity contribution >= 4 is 29.1 Å². The molecule has 35 heavy (non-hydrogen) atoms. The number of H-pyrrole nitrogens is 1. The predicted molar refractivity (Wildman–Crippen MR) is 131 cm³/mol. The van der Waals surface area contributed by atoms with E-state index in [-0.39, 0.29) is 35.8 Å². The highest BCUT2D eigenvalue weighted by Gasteiger charge is 2.34. The van der Waals surface area contributed by atoms with Gasteiger partial charge in [0, 0.05) is 40.6 Å². The quantitative estimate of drug-likeness (QED) is 0.409. The second-order valence-corrected chi connectivity index (χ2v) is 9.06. The molecule has 1 atom stereocenters. The number of aromatic nitrogens is 3. The molecule has 2 aromatic carbocycles. The molecule has 0 saturated carbocycles. The predicted octanol–water partition coefficient (Wildman–Crippen LogP) is 5.06. The van der Waals surface area contributed by atoms with Crippen molar-refractivity contribution in [1.82, 2.24) is 19.7 Å². The van der Waals surface area contributed by atoms with Crippen LogP contribution in [0.5, 0.6) is 0 Å². The molecular formula is C26H23ClFN5O2. The Labute approximate surface area is 206 Å². The van der Waals surface area contributed by atoms with Gasteiger partial charge in [0.05, 0.1) is 13.1 Å². The van der Waals surface area contributed by atoms with Crippen LogP contribution < -0.4 is 5.32 Å². The van der Waals surface area contributed by atoms with Gasteiger partial charge in [-0.05, 0) is 54.1 Å². The molecule has 3 heterocycles. The molecular weight excluding hydrogens is 469 g/mol. The van der Waals surface area contributed by atoms with Crippen LogP contribution in [0, 0.1) is 5.82 Å². The number of hydrogen-bond acceptors (Lipinski definition) is 3. The molecule has 9 heteroatoms. The fourth-order valence-corrected chi connectivity index (χ4v) is 4.60. The van der Waals surface area contributed by atoms with E-state index in [2.05, 4.69) is 15.4 Å². The minimum atomic E-state index is -0.372. The van der Waals surface area contributed by atoms with E-state index in [4.69, 9.17) is 11.6 Å². The first-order chi connectivity index (χ1) is 16.9. The van der Waals surface area contributed by atoms with Crippen LogP contribution in [0.15, 0.2) is 66.9 Å². The number of amides is 2. The fraction of sp³-hybridized carbons (Fsp3) is 0.192. The lowest BCUT2D eigenvalue weighted by molar-refractivity contribution is 0.0711. The Morgan fingerprint density at radius 1 is 1.14 bits per heavy atom. The highest BCUT2D eigenvalue weighted by atomic mass is 35.5. The molecule has 4 aromatic rings. The lowest BCUT2D eigenvalue weighted by atomic mass is 9.95. The first-order valence-corrected chi connectivity index (χ1v) is 11.6. The molecule has 5 rings (SSSR count). The van der Waals surface area contributed by atoms with Crippen LogP contribution in [-0.2, 0) is 13.1 Å². The molecule has 0 saturated heterocycles. The Hall–Kier alpha value is -3.91. The molecule has 0 radical (unpaired) electrons. The summed E-state index contributed by atoms with van der Waals surface area (Å²) in [5, 5.41) is 8.11. The number of rotatable bonds is 5. The minimum Gasteiger partial charge on any atom is -0.357 e. The number of carbonyl (C=O) groups excluding carboxylic acids is 2. The Balaban J connectivity index is 1.51. The first kappa shape index (κ1) is 22.9. The summed E-state index contributed by atoms with van der Waals surface area (Å²) < 4.78 is 15.2. The standard InChI is InChI=1S/C26H23ClFN5O2/c1-16-13-32(26(35)22-3-2-12-29-22)15-21-23(25(34)30-20-10-6-18(27)7-11-20)31-33(24(16)21)14-17-4-8-19(28)9-5-17/h2-12,16,29H,13-15H2,1H3,(H,30,34). The number of carbonyl (C=O) groups is 2. The Morgan fingerprint density at radius 3 is 2.57 bits per heavy atom. The van der Waals surface area contributed by atoms with Gasteiger partial charge in [-0.15, -0.1) is 0 Å². The average Bonchev–Trinajstić information content (AvgIpc) is 3.50. The zero-order valence-corrected chi connectivity index (χ0v) is 19.7. The van der Waals surface area contributed by atoms with Gasteiger partial charge in [-0.25, -0.2) is 4.39 Å². The van der Waals surface area contributed by atoms with Crippen molar-refractivity contribution < 1.29 is 14.0 Å². The molecule has 0 spiro atoms. The number of benzene rings is 2. The summed E-state index contributed by atoms with van der Waals surface area (Å²) in [7, 11) is 0. The van der Waals surface area contributed by atoms with Gasteiger partial charge in [0.2, 0.25) is 0 Å². The fourth-order valence-electron chi connectivity index (χ4n) is 4.47. The number of fused-ring (bicyclic) bond motifs is 1. The summed E-state index contributed by atoms with van der Waals surface area (Å²) in [6.45, 7) is 3.13. The van der Waals surface area contributed by atoms with E-state index in [0.29, 0.717) is 35.1 Å². The van der Waals surface area contributed by atoms with E-state index in [0.717, 1.165) is 11.3 Å². The molecule has 178 valence electrons. The maximum absolute atomic E-state index is 13.4. The van der Waals surface area contributed by atoms with Crippen molar-refractivity contribution in [2.24, 2.45) is 0 Å². The van der Waals surface area contributed by atoms with Gasteiger partial charge in [-0.1, -0.05) is 30.7 Å². The topological polar surface area (TPSA) is 83.0 Å². The van der Waals surface area contributed by atoms with Crippen LogP contribution in [0.4, 0.5) is 10.1 Å². The molecule has 2 amide bonds. The average molecular weight is 492 g/mol. The van der Waals surface area contributed by atoms with E-state index >= 15 is 0 Å². The molecule has 2 aromatic heterocycles. The zero-order chi connectivity index (χ0) is 24.5. The van der Waals surface area contributed by atoms with Crippen LogP contribution in [0.1, 0.15) is 50.6 Å². The van der Waals surface area contributed by atoms with E-state index in [9.17, 15) is 14.0 Å². The van der Waals surface area contributed by atoms with Crippen molar-refractivity contribution in [2.45, 2.75) is 25.9 Å². The normalized spacial score (nSPS) is 15.1. The number of hydrogen-bond donors (Lipinski definition) is 2. The van der Waals surface area contributed by atoms with Crippen LogP contribution in [0.3, 0.4) is 0 Å². The molecule has 2 N–H and O–H groups in total. The summed E-state index contributed by atoms with van der Waals surface area (Å²) in [6.07, 6.45) is 1.71. The van der Waals surface area contributed by atoms with E-state index in [1.54, 1.807) is 64.3 Å². The van der Waals surface area contributed by atoms with Crippen LogP contribution in [-0.4, -0.2) is 38.0 Å². The van der Waals surface area contributed by atoms with Gasteiger partial charge < -0.3 is 15.2 Å². The number of anilines is 1. The minimum absolute atomic E-state index is 0.0670. The Morgan fingerprint density at radius 2 is 1.89 bits per heavy atom. The van der Waals surface area contributed by atoms with Crippen LogP contribution >= 0.6 is 11.6 Å². The summed E-state index contributed by atoms with van der Waals surface area (Å²) in [6, 6.07) is 16.5. The Bertz CT molecular complexity index is 1360. The lowest BCUT2D eigenvalue weighted by Gasteiger charge is -2.32. The third-order valence-electron chi connectivity index (χ3n) is 6.08. The zero-order valence-electron chi connectivity index (χ0n) is 19.0. The second-order valence-electron chi connectivity index (χ2n) is 8.63. The lowest BCUT2D eigenvalue weighted by Crippen LogP contribution is -2.38. The van der Waals surface area contributed by atoms with Crippen molar-refractivity contribution in [3.05, 3.63) is 106 Å². The summed E-state index contributed by atoms with van der Waals surface area (Å²) >= 11 is 5.96. The van der Waals surface area contributed by atoms with Gasteiger partial charge in [0.15, 0.2) is 5.69 Å². The highest BCUT2D eigenvalue weighted by molar-refractivity contribution is 6.30. The molecule has 1 aliphatic rings. The van der Waals surface area contributed by atoms with E-state index < -0.39 is 0 Å². The number of nitrogens with zero attached hydrogens (tertiary/aromatic N) is 3. The molecule has 0 fully saturated rings. The summed E-state index contributed by atoms with van der Waals surface area (Å²) in [5.74, 6) is -0.889. The molecule has 0 aliphatic carbocycles. The largest absolute Gasteiger partial charge is 0.357 e. The highest BCUT2D eigenvalue weighted by Crippen LogP contribution is 2.32. The SMILES string of the molecule is CC1CN(C(=O)c2ccc[nH]2)Cc2c(C(=O)Nc3ccc(Cl)cc3)nn(Cc3ccc(F)cc3)c21. The second kappa shape index (κ2) is 9.38. The van der Waals surface area contributed by atoms with Gasteiger partial charge in [-0.3, -0.25) is 14.3 Å².